The van der Waals surface area contributed by atoms with Crippen LogP contribution in [0.4, 0.5) is 5.69 Å². The van der Waals surface area contributed by atoms with E-state index in [0.29, 0.717) is 22.8 Å². The predicted octanol–water partition coefficient (Wildman–Crippen LogP) is 2.85. The summed E-state index contributed by atoms with van der Waals surface area (Å²) in [6, 6.07) is 7.46. The number of rotatable bonds is 4. The molecule has 5 heteroatoms. The van der Waals surface area contributed by atoms with Crippen LogP contribution in [0.5, 0.6) is 0 Å². The molecular weight excluding hydrogens is 262 g/mol. The SMILES string of the molecule is CCn1ncc(Cl)c1C(=O)c1cccc(N(C)C)c1. The molecule has 0 aliphatic rings. The summed E-state index contributed by atoms with van der Waals surface area (Å²) in [5, 5.41) is 4.48. The molecule has 0 radical (unpaired) electrons. The fraction of sp³-hybridized carbons (Fsp3) is 0.286. The molecule has 0 unspecified atom stereocenters. The van der Waals surface area contributed by atoms with Crippen LogP contribution >= 0.6 is 11.6 Å². The molecule has 1 aromatic carbocycles. The van der Waals surface area contributed by atoms with Crippen LogP contribution in [0.3, 0.4) is 0 Å². The van der Waals surface area contributed by atoms with E-state index in [4.69, 9.17) is 11.6 Å². The number of halogens is 1. The van der Waals surface area contributed by atoms with Crippen molar-refractivity contribution in [3.63, 3.8) is 0 Å². The van der Waals surface area contributed by atoms with E-state index in [1.54, 1.807) is 10.7 Å². The molecule has 0 saturated carbocycles. The van der Waals surface area contributed by atoms with Gasteiger partial charge in [0.05, 0.1) is 11.2 Å². The quantitative estimate of drug-likeness (QED) is 0.807. The summed E-state index contributed by atoms with van der Waals surface area (Å²) in [5.41, 5.74) is 2.04. The standard InChI is InChI=1S/C14H16ClN3O/c1-4-18-13(12(15)9-16-18)14(19)10-6-5-7-11(8-10)17(2)3/h5-9H,4H2,1-3H3. The van der Waals surface area contributed by atoms with E-state index in [2.05, 4.69) is 5.10 Å². The van der Waals surface area contributed by atoms with Crippen molar-refractivity contribution in [3.8, 4) is 0 Å². The highest BCUT2D eigenvalue weighted by Gasteiger charge is 2.18. The molecule has 0 atom stereocenters. The topological polar surface area (TPSA) is 38.1 Å². The van der Waals surface area contributed by atoms with Gasteiger partial charge in [0.2, 0.25) is 5.78 Å². The molecule has 2 rings (SSSR count). The van der Waals surface area contributed by atoms with E-state index < -0.39 is 0 Å². The Labute approximate surface area is 117 Å². The van der Waals surface area contributed by atoms with Crippen molar-refractivity contribution in [2.75, 3.05) is 19.0 Å². The number of ketones is 1. The van der Waals surface area contributed by atoms with E-state index in [0.717, 1.165) is 5.69 Å². The summed E-state index contributed by atoms with van der Waals surface area (Å²) in [4.78, 5) is 14.5. The average molecular weight is 278 g/mol. The molecule has 0 N–H and O–H groups in total. The lowest BCUT2D eigenvalue weighted by atomic mass is 10.1. The largest absolute Gasteiger partial charge is 0.378 e. The van der Waals surface area contributed by atoms with Gasteiger partial charge in [0, 0.05) is 31.9 Å². The number of anilines is 1. The second-order valence-corrected chi connectivity index (χ2v) is 4.84. The Kier molecular flexibility index (Phi) is 3.90. The number of aryl methyl sites for hydroxylation is 1. The first kappa shape index (κ1) is 13.6. The number of benzene rings is 1. The van der Waals surface area contributed by atoms with E-state index in [9.17, 15) is 4.79 Å². The van der Waals surface area contributed by atoms with Gasteiger partial charge in [-0.25, -0.2) is 0 Å². The monoisotopic (exact) mass is 277 g/mol. The first-order chi connectivity index (χ1) is 9.04. The normalized spacial score (nSPS) is 10.5. The van der Waals surface area contributed by atoms with Crippen LogP contribution in [-0.4, -0.2) is 29.7 Å². The molecule has 0 bridgehead atoms. The van der Waals surface area contributed by atoms with Crippen molar-refractivity contribution in [2.24, 2.45) is 0 Å². The smallest absolute Gasteiger partial charge is 0.212 e. The van der Waals surface area contributed by atoms with Gasteiger partial charge in [-0.2, -0.15) is 5.10 Å². The highest BCUT2D eigenvalue weighted by Crippen LogP contribution is 2.21. The van der Waals surface area contributed by atoms with Crippen LogP contribution in [0, 0.1) is 0 Å². The average Bonchev–Trinajstić information content (AvgIpc) is 2.79. The second-order valence-electron chi connectivity index (χ2n) is 4.43. The van der Waals surface area contributed by atoms with Gasteiger partial charge < -0.3 is 4.90 Å². The maximum absolute atomic E-state index is 12.5. The summed E-state index contributed by atoms with van der Waals surface area (Å²) in [7, 11) is 3.87. The van der Waals surface area contributed by atoms with Crippen molar-refractivity contribution < 1.29 is 4.79 Å². The molecule has 100 valence electrons. The fourth-order valence-corrected chi connectivity index (χ4v) is 2.12. The summed E-state index contributed by atoms with van der Waals surface area (Å²) >= 11 is 6.06. The zero-order valence-electron chi connectivity index (χ0n) is 11.2. The van der Waals surface area contributed by atoms with E-state index in [1.165, 1.54) is 6.20 Å². The minimum Gasteiger partial charge on any atom is -0.378 e. The zero-order valence-corrected chi connectivity index (χ0v) is 12.0. The minimum absolute atomic E-state index is 0.104. The van der Waals surface area contributed by atoms with Gasteiger partial charge in [0.1, 0.15) is 5.69 Å². The van der Waals surface area contributed by atoms with Gasteiger partial charge >= 0.3 is 0 Å². The molecule has 1 aromatic heterocycles. The summed E-state index contributed by atoms with van der Waals surface area (Å²) in [6.07, 6.45) is 1.51. The molecule has 19 heavy (non-hydrogen) atoms. The van der Waals surface area contributed by atoms with Crippen molar-refractivity contribution in [3.05, 3.63) is 46.7 Å². The maximum atomic E-state index is 12.5. The molecule has 0 spiro atoms. The number of aromatic nitrogens is 2. The van der Waals surface area contributed by atoms with E-state index in [-0.39, 0.29) is 5.78 Å². The lowest BCUT2D eigenvalue weighted by Crippen LogP contribution is -2.13. The van der Waals surface area contributed by atoms with Gasteiger partial charge in [0.25, 0.3) is 0 Å². The number of carbonyl (C=O) groups is 1. The maximum Gasteiger partial charge on any atom is 0.212 e. The molecule has 0 fully saturated rings. The molecule has 1 heterocycles. The Balaban J connectivity index is 2.44. The molecule has 2 aromatic rings. The summed E-state index contributed by atoms with van der Waals surface area (Å²) < 4.78 is 1.62. The molecular formula is C14H16ClN3O. The fourth-order valence-electron chi connectivity index (χ4n) is 1.89. The van der Waals surface area contributed by atoms with Gasteiger partial charge in [0.15, 0.2) is 0 Å². The Hall–Kier alpha value is -1.81. The molecule has 4 nitrogen and oxygen atoms in total. The third-order valence-electron chi connectivity index (χ3n) is 2.93. The van der Waals surface area contributed by atoms with Gasteiger partial charge in [-0.05, 0) is 19.1 Å². The molecule has 0 aliphatic heterocycles. The van der Waals surface area contributed by atoms with Crippen LogP contribution < -0.4 is 4.90 Å². The van der Waals surface area contributed by atoms with Gasteiger partial charge in [-0.15, -0.1) is 0 Å². The minimum atomic E-state index is -0.104. The number of carbonyl (C=O) groups excluding carboxylic acids is 1. The predicted molar refractivity (Wildman–Crippen MR) is 77.1 cm³/mol. The third kappa shape index (κ3) is 2.63. The van der Waals surface area contributed by atoms with Gasteiger partial charge in [-0.3, -0.25) is 9.48 Å². The zero-order chi connectivity index (χ0) is 14.0. The van der Waals surface area contributed by atoms with Crippen LogP contribution in [-0.2, 0) is 6.54 Å². The Morgan fingerprint density at radius 1 is 1.42 bits per heavy atom. The molecule has 0 saturated heterocycles. The lowest BCUT2D eigenvalue weighted by Gasteiger charge is -2.13. The highest BCUT2D eigenvalue weighted by molar-refractivity contribution is 6.34. The van der Waals surface area contributed by atoms with Crippen molar-refractivity contribution in [2.45, 2.75) is 13.5 Å². The third-order valence-corrected chi connectivity index (χ3v) is 3.21. The van der Waals surface area contributed by atoms with Crippen LogP contribution in [0.2, 0.25) is 5.02 Å². The van der Waals surface area contributed by atoms with Gasteiger partial charge in [-0.1, -0.05) is 23.7 Å². The first-order valence-electron chi connectivity index (χ1n) is 6.08. The molecule has 0 aliphatic carbocycles. The first-order valence-corrected chi connectivity index (χ1v) is 6.45. The van der Waals surface area contributed by atoms with Crippen LogP contribution in [0.1, 0.15) is 23.0 Å². The number of nitrogens with zero attached hydrogens (tertiary/aromatic N) is 3. The Bertz CT molecular complexity index is 604. The number of hydrogen-bond donors (Lipinski definition) is 0. The van der Waals surface area contributed by atoms with E-state index >= 15 is 0 Å². The number of hydrogen-bond acceptors (Lipinski definition) is 3. The second kappa shape index (κ2) is 5.45. The highest BCUT2D eigenvalue weighted by atomic mass is 35.5. The van der Waals surface area contributed by atoms with Crippen molar-refractivity contribution in [1.82, 2.24) is 9.78 Å². The van der Waals surface area contributed by atoms with Crippen molar-refractivity contribution >= 4 is 23.1 Å². The molecule has 0 amide bonds. The van der Waals surface area contributed by atoms with Crippen LogP contribution in [0.15, 0.2) is 30.5 Å². The summed E-state index contributed by atoms with van der Waals surface area (Å²) in [6.45, 7) is 2.54. The Morgan fingerprint density at radius 2 is 2.16 bits per heavy atom. The van der Waals surface area contributed by atoms with E-state index in [1.807, 2.05) is 44.1 Å². The lowest BCUT2D eigenvalue weighted by molar-refractivity contribution is 0.102. The van der Waals surface area contributed by atoms with Crippen molar-refractivity contribution in [1.29, 1.82) is 0 Å². The summed E-state index contributed by atoms with van der Waals surface area (Å²) in [5.74, 6) is -0.104. The van der Waals surface area contributed by atoms with Crippen LogP contribution in [0.25, 0.3) is 0 Å². The Morgan fingerprint density at radius 3 is 2.79 bits per heavy atom.